The molecule has 0 radical (unpaired) electrons. The van der Waals surface area contributed by atoms with Gasteiger partial charge in [0, 0.05) is 16.9 Å². The molecule has 32 heavy (non-hydrogen) atoms. The van der Waals surface area contributed by atoms with E-state index in [1.807, 2.05) is 18.7 Å². The Balaban J connectivity index is 0. The average molecular weight is 475 g/mol. The predicted molar refractivity (Wildman–Crippen MR) is 157 cm³/mol. The maximum Gasteiger partial charge on any atom is 0.0182 e. The summed E-state index contributed by atoms with van der Waals surface area (Å²) in [7, 11) is 0. The Kier molecular flexibility index (Phi) is 21.2. The van der Waals surface area contributed by atoms with Gasteiger partial charge in [0.1, 0.15) is 0 Å². The van der Waals surface area contributed by atoms with Crippen LogP contribution < -0.4 is 0 Å². The number of aryl methyl sites for hydroxylation is 1. The molecule has 0 fully saturated rings. The SMILES string of the molecule is C=C(C)CS/C(C)=C(/C(=C)C)C(CC)c1ccc(C)cc1.C=CC.CCCSC(C)CC. The van der Waals surface area contributed by atoms with Crippen LogP contribution in [0.3, 0.4) is 0 Å². The molecule has 0 N–H and O–H groups in total. The Labute approximate surface area is 210 Å². The Morgan fingerprint density at radius 3 is 1.91 bits per heavy atom. The zero-order valence-electron chi connectivity index (χ0n) is 22.5. The molecule has 0 spiro atoms. The Morgan fingerprint density at radius 1 is 1.00 bits per heavy atom. The number of allylic oxidation sites excluding steroid dienone is 4. The van der Waals surface area contributed by atoms with Gasteiger partial charge in [0.2, 0.25) is 0 Å². The fraction of sp³-hybridized carbons (Fsp3) is 0.533. The first-order valence-electron chi connectivity index (χ1n) is 12.0. The second-order valence-corrected chi connectivity index (χ2v) is 11.1. The van der Waals surface area contributed by atoms with Crippen molar-refractivity contribution in [1.82, 2.24) is 0 Å². The van der Waals surface area contributed by atoms with Gasteiger partial charge in [0.05, 0.1) is 0 Å². The highest BCUT2D eigenvalue weighted by Crippen LogP contribution is 2.37. The van der Waals surface area contributed by atoms with Crippen molar-refractivity contribution in [3.8, 4) is 0 Å². The highest BCUT2D eigenvalue weighted by atomic mass is 32.2. The van der Waals surface area contributed by atoms with Crippen molar-refractivity contribution in [1.29, 1.82) is 0 Å². The van der Waals surface area contributed by atoms with Gasteiger partial charge in [0.25, 0.3) is 0 Å². The van der Waals surface area contributed by atoms with E-state index in [4.69, 9.17) is 0 Å². The van der Waals surface area contributed by atoms with Crippen LogP contribution in [0.1, 0.15) is 91.7 Å². The standard InChI is InChI=1S/C20H28S.C7H16S.C3H6/c1-8-19(18-11-9-16(6)10-12-18)20(15(4)5)17(7)21-13-14(2)3;1-4-6-8-7(3)5-2;1-3-2/h9-12,19H,2,4,8,13H2,1,3,5-7H3;7H,4-6H2,1-3H3;3H,1H2,2H3/b20-17-;;. The number of thioether (sulfide) groups is 2. The molecule has 0 aliphatic heterocycles. The summed E-state index contributed by atoms with van der Waals surface area (Å²) in [5, 5.41) is 0.870. The molecule has 0 aliphatic rings. The maximum atomic E-state index is 4.22. The molecule has 2 unspecified atom stereocenters. The molecule has 1 aromatic carbocycles. The second-order valence-electron chi connectivity index (χ2n) is 8.37. The van der Waals surface area contributed by atoms with Crippen molar-refractivity contribution in [2.24, 2.45) is 0 Å². The summed E-state index contributed by atoms with van der Waals surface area (Å²) < 4.78 is 0. The lowest BCUT2D eigenvalue weighted by atomic mass is 9.85. The van der Waals surface area contributed by atoms with Crippen molar-refractivity contribution >= 4 is 23.5 Å². The van der Waals surface area contributed by atoms with E-state index in [1.165, 1.54) is 51.3 Å². The minimum atomic E-state index is 0.431. The van der Waals surface area contributed by atoms with Crippen LogP contribution in [0.2, 0.25) is 0 Å². The van der Waals surface area contributed by atoms with Crippen LogP contribution in [-0.2, 0) is 0 Å². The fourth-order valence-electron chi connectivity index (χ4n) is 2.99. The molecule has 1 rings (SSSR count). The molecule has 0 amide bonds. The highest BCUT2D eigenvalue weighted by molar-refractivity contribution is 8.03. The molecule has 0 saturated carbocycles. The van der Waals surface area contributed by atoms with Gasteiger partial charge in [-0.15, -0.1) is 18.3 Å². The van der Waals surface area contributed by atoms with Crippen LogP contribution in [0.5, 0.6) is 0 Å². The maximum absolute atomic E-state index is 4.22. The fourth-order valence-corrected chi connectivity index (χ4v) is 4.80. The molecule has 0 aromatic heterocycles. The van der Waals surface area contributed by atoms with Gasteiger partial charge in [-0.1, -0.05) is 87.9 Å². The zero-order valence-corrected chi connectivity index (χ0v) is 24.1. The Hall–Kier alpha value is -1.12. The van der Waals surface area contributed by atoms with Crippen molar-refractivity contribution < 1.29 is 0 Å². The monoisotopic (exact) mass is 474 g/mol. The van der Waals surface area contributed by atoms with E-state index in [1.54, 1.807) is 6.08 Å². The van der Waals surface area contributed by atoms with Crippen molar-refractivity contribution in [3.05, 3.63) is 82.8 Å². The summed E-state index contributed by atoms with van der Waals surface area (Å²) in [5.41, 5.74) is 6.48. The number of hydrogen-bond acceptors (Lipinski definition) is 2. The summed E-state index contributed by atoms with van der Waals surface area (Å²) in [4.78, 5) is 1.37. The highest BCUT2D eigenvalue weighted by Gasteiger charge is 2.18. The van der Waals surface area contributed by atoms with E-state index in [0.717, 1.165) is 17.4 Å². The Bertz CT molecular complexity index is 679. The van der Waals surface area contributed by atoms with Crippen LogP contribution in [0.25, 0.3) is 0 Å². The van der Waals surface area contributed by atoms with Gasteiger partial charge in [-0.2, -0.15) is 11.8 Å². The molecule has 2 atom stereocenters. The van der Waals surface area contributed by atoms with Crippen LogP contribution in [0.15, 0.2) is 71.7 Å². The van der Waals surface area contributed by atoms with Gasteiger partial charge in [0.15, 0.2) is 0 Å². The van der Waals surface area contributed by atoms with Gasteiger partial charge in [-0.3, -0.25) is 0 Å². The summed E-state index contributed by atoms with van der Waals surface area (Å²) >= 11 is 3.96. The molecule has 182 valence electrons. The molecule has 0 bridgehead atoms. The van der Waals surface area contributed by atoms with Crippen LogP contribution in [0.4, 0.5) is 0 Å². The second kappa shape index (κ2) is 20.5. The quantitative estimate of drug-likeness (QED) is 0.231. The molecule has 0 aliphatic carbocycles. The summed E-state index contributed by atoms with van der Waals surface area (Å²) in [5.74, 6) is 2.74. The average Bonchev–Trinajstić information content (AvgIpc) is 2.75. The first-order chi connectivity index (χ1) is 15.1. The van der Waals surface area contributed by atoms with Gasteiger partial charge in [-0.05, 0) is 75.7 Å². The molecule has 1 aromatic rings. The first-order valence-corrected chi connectivity index (χ1v) is 14.0. The molecule has 2 heteroatoms. The molecule has 0 heterocycles. The smallest absolute Gasteiger partial charge is 0.0182 e. The van der Waals surface area contributed by atoms with Gasteiger partial charge >= 0.3 is 0 Å². The molecular weight excluding hydrogens is 424 g/mol. The largest absolute Gasteiger partial charge is 0.159 e. The van der Waals surface area contributed by atoms with E-state index in [-0.39, 0.29) is 0 Å². The first kappa shape index (κ1) is 33.1. The van der Waals surface area contributed by atoms with Crippen molar-refractivity contribution in [2.75, 3.05) is 11.5 Å². The third-order valence-corrected chi connectivity index (χ3v) is 7.63. The number of hydrogen-bond donors (Lipinski definition) is 0. The van der Waals surface area contributed by atoms with Crippen molar-refractivity contribution in [2.45, 2.75) is 92.7 Å². The zero-order chi connectivity index (χ0) is 25.1. The lowest BCUT2D eigenvalue weighted by Crippen LogP contribution is -2.05. The van der Waals surface area contributed by atoms with E-state index in [0.29, 0.717) is 5.92 Å². The molecule has 0 nitrogen and oxygen atoms in total. The van der Waals surface area contributed by atoms with Gasteiger partial charge < -0.3 is 0 Å². The third-order valence-electron chi connectivity index (χ3n) is 4.79. The van der Waals surface area contributed by atoms with Crippen LogP contribution in [-0.4, -0.2) is 16.8 Å². The summed E-state index contributed by atoms with van der Waals surface area (Å²) in [6.45, 7) is 31.0. The minimum Gasteiger partial charge on any atom is -0.159 e. The third kappa shape index (κ3) is 15.6. The minimum absolute atomic E-state index is 0.431. The number of rotatable bonds is 11. The van der Waals surface area contributed by atoms with Crippen LogP contribution in [0, 0.1) is 6.92 Å². The summed E-state index contributed by atoms with van der Waals surface area (Å²) in [6.07, 6.45) is 5.47. The van der Waals surface area contributed by atoms with E-state index >= 15 is 0 Å². The normalized spacial score (nSPS) is 12.8. The molecule has 0 saturated heterocycles. The van der Waals surface area contributed by atoms with Gasteiger partial charge in [-0.25, -0.2) is 0 Å². The Morgan fingerprint density at radius 2 is 1.53 bits per heavy atom. The van der Waals surface area contributed by atoms with E-state index in [9.17, 15) is 0 Å². The topological polar surface area (TPSA) is 0 Å². The summed E-state index contributed by atoms with van der Waals surface area (Å²) in [6, 6.07) is 8.90. The molecular formula is C30H50S2. The lowest BCUT2D eigenvalue weighted by molar-refractivity contribution is 0.763. The predicted octanol–water partition coefficient (Wildman–Crippen LogP) is 10.8. The van der Waals surface area contributed by atoms with E-state index < -0.39 is 0 Å². The lowest BCUT2D eigenvalue weighted by Gasteiger charge is -2.23. The van der Waals surface area contributed by atoms with Crippen LogP contribution >= 0.6 is 23.5 Å². The number of benzene rings is 1. The van der Waals surface area contributed by atoms with Crippen molar-refractivity contribution in [3.63, 3.8) is 0 Å². The van der Waals surface area contributed by atoms with E-state index in [2.05, 4.69) is 111 Å².